The van der Waals surface area contributed by atoms with E-state index >= 15 is 0 Å². The van der Waals surface area contributed by atoms with Crippen LogP contribution >= 0.6 is 0 Å². The lowest BCUT2D eigenvalue weighted by Crippen LogP contribution is -2.11. The van der Waals surface area contributed by atoms with Crippen molar-refractivity contribution in [3.63, 3.8) is 0 Å². The van der Waals surface area contributed by atoms with Gasteiger partial charge in [-0.15, -0.1) is 0 Å². The minimum atomic E-state index is -3.55. The van der Waals surface area contributed by atoms with Gasteiger partial charge in [0.1, 0.15) is 11.5 Å². The Labute approximate surface area is 155 Å². The molecule has 0 spiro atoms. The van der Waals surface area contributed by atoms with E-state index < -0.39 is 9.84 Å². The van der Waals surface area contributed by atoms with Crippen molar-refractivity contribution in [3.8, 4) is 11.5 Å². The van der Waals surface area contributed by atoms with E-state index in [2.05, 4.69) is 20.8 Å². The summed E-state index contributed by atoms with van der Waals surface area (Å²) in [5.41, 5.74) is 1.08. The summed E-state index contributed by atoms with van der Waals surface area (Å²) in [5, 5.41) is 0. The zero-order valence-electron chi connectivity index (χ0n) is 15.1. The van der Waals surface area contributed by atoms with E-state index in [9.17, 15) is 8.42 Å². The van der Waals surface area contributed by atoms with E-state index in [1.807, 2.05) is 42.5 Å². The highest BCUT2D eigenvalue weighted by atomic mass is 32.2. The summed E-state index contributed by atoms with van der Waals surface area (Å²) in [6, 6.07) is 23.0. The van der Waals surface area contributed by atoms with Crippen molar-refractivity contribution in [1.82, 2.24) is 0 Å². The molecule has 134 valence electrons. The van der Waals surface area contributed by atoms with Crippen molar-refractivity contribution < 1.29 is 13.2 Å². The number of rotatable bonds is 4. The maximum Gasteiger partial charge on any atom is 0.206 e. The lowest BCUT2D eigenvalue weighted by Gasteiger charge is -2.19. The predicted molar refractivity (Wildman–Crippen MR) is 104 cm³/mol. The Morgan fingerprint density at radius 2 is 1.12 bits per heavy atom. The minimum absolute atomic E-state index is 0.0152. The molecule has 0 aliphatic rings. The number of para-hydroxylation sites is 1. The molecule has 0 fully saturated rings. The lowest BCUT2D eigenvalue weighted by atomic mass is 9.87. The van der Waals surface area contributed by atoms with Crippen LogP contribution in [-0.4, -0.2) is 8.42 Å². The van der Waals surface area contributed by atoms with E-state index in [0.29, 0.717) is 16.4 Å². The zero-order valence-corrected chi connectivity index (χ0v) is 16.0. The second-order valence-electron chi connectivity index (χ2n) is 7.16. The molecule has 0 aliphatic heterocycles. The van der Waals surface area contributed by atoms with Gasteiger partial charge in [-0.1, -0.05) is 51.1 Å². The molecule has 0 saturated heterocycles. The normalized spacial score (nSPS) is 12.0. The maximum atomic E-state index is 12.8. The lowest BCUT2D eigenvalue weighted by molar-refractivity contribution is 0.482. The van der Waals surface area contributed by atoms with Gasteiger partial charge in [0.25, 0.3) is 0 Å². The molecule has 3 nitrogen and oxygen atoms in total. The van der Waals surface area contributed by atoms with Crippen molar-refractivity contribution in [3.05, 3.63) is 84.4 Å². The Morgan fingerprint density at radius 3 is 1.62 bits per heavy atom. The molecule has 0 bridgehead atoms. The van der Waals surface area contributed by atoms with E-state index in [0.717, 1.165) is 5.56 Å². The van der Waals surface area contributed by atoms with Crippen LogP contribution in [0.1, 0.15) is 26.3 Å². The largest absolute Gasteiger partial charge is 0.457 e. The predicted octanol–water partition coefficient (Wildman–Crippen LogP) is 5.61. The summed E-state index contributed by atoms with van der Waals surface area (Å²) in [5.74, 6) is 1.30. The topological polar surface area (TPSA) is 43.4 Å². The molecule has 0 amide bonds. The van der Waals surface area contributed by atoms with Crippen molar-refractivity contribution >= 4 is 9.84 Å². The van der Waals surface area contributed by atoms with Crippen LogP contribution in [0.2, 0.25) is 0 Å². The molecule has 0 aromatic heterocycles. The highest BCUT2D eigenvalue weighted by Gasteiger charge is 2.19. The van der Waals surface area contributed by atoms with Crippen LogP contribution < -0.4 is 4.74 Å². The standard InChI is InChI=1S/C22H22O3S/c1-22(2,3)17-9-13-20(14-10-17)26(23,24)21-15-11-19(12-16-21)25-18-7-5-4-6-8-18/h4-16H,1-3H3. The van der Waals surface area contributed by atoms with Crippen molar-refractivity contribution in [2.45, 2.75) is 36.0 Å². The van der Waals surface area contributed by atoms with Crippen LogP contribution in [0.4, 0.5) is 0 Å². The first-order valence-electron chi connectivity index (χ1n) is 8.45. The van der Waals surface area contributed by atoms with Gasteiger partial charge in [0.05, 0.1) is 9.79 Å². The molecule has 3 aromatic carbocycles. The molecule has 0 aliphatic carbocycles. The third-order valence-corrected chi connectivity index (χ3v) is 5.93. The quantitative estimate of drug-likeness (QED) is 0.603. The third-order valence-electron chi connectivity index (χ3n) is 4.14. The molecule has 0 saturated carbocycles. The Morgan fingerprint density at radius 1 is 0.654 bits per heavy atom. The van der Waals surface area contributed by atoms with Crippen LogP contribution in [0.3, 0.4) is 0 Å². The monoisotopic (exact) mass is 366 g/mol. The molecule has 0 N–H and O–H groups in total. The first-order chi connectivity index (χ1) is 12.3. The van der Waals surface area contributed by atoms with Crippen LogP contribution in [0.25, 0.3) is 0 Å². The highest BCUT2D eigenvalue weighted by molar-refractivity contribution is 7.91. The number of ether oxygens (including phenoxy) is 1. The van der Waals surface area contributed by atoms with Crippen LogP contribution in [0.15, 0.2) is 88.7 Å². The van der Waals surface area contributed by atoms with Gasteiger partial charge in [0.15, 0.2) is 0 Å². The summed E-state index contributed by atoms with van der Waals surface area (Å²) in [4.78, 5) is 0.545. The fraction of sp³-hybridized carbons (Fsp3) is 0.182. The summed E-state index contributed by atoms with van der Waals surface area (Å²) < 4.78 is 31.4. The van der Waals surface area contributed by atoms with Gasteiger partial charge in [-0.05, 0) is 59.5 Å². The molecule has 0 heterocycles. The Kier molecular flexibility index (Phi) is 4.88. The Bertz CT molecular complexity index is 966. The molecule has 4 heteroatoms. The Hall–Kier alpha value is -2.59. The van der Waals surface area contributed by atoms with Gasteiger partial charge < -0.3 is 4.74 Å². The van der Waals surface area contributed by atoms with E-state index in [1.54, 1.807) is 36.4 Å². The van der Waals surface area contributed by atoms with Crippen molar-refractivity contribution in [2.75, 3.05) is 0 Å². The molecular formula is C22H22O3S. The van der Waals surface area contributed by atoms with Gasteiger partial charge in [-0.2, -0.15) is 0 Å². The first kappa shape index (κ1) is 18.2. The molecule has 0 atom stereocenters. The first-order valence-corrected chi connectivity index (χ1v) is 9.94. The van der Waals surface area contributed by atoms with Crippen LogP contribution in [0.5, 0.6) is 11.5 Å². The minimum Gasteiger partial charge on any atom is -0.457 e. The second kappa shape index (κ2) is 6.96. The highest BCUT2D eigenvalue weighted by Crippen LogP contribution is 2.28. The number of hydrogen-bond donors (Lipinski definition) is 0. The average molecular weight is 366 g/mol. The molecular weight excluding hydrogens is 344 g/mol. The average Bonchev–Trinajstić information content (AvgIpc) is 2.62. The number of benzene rings is 3. The van der Waals surface area contributed by atoms with Crippen molar-refractivity contribution in [1.29, 1.82) is 0 Å². The van der Waals surface area contributed by atoms with Crippen LogP contribution in [-0.2, 0) is 15.3 Å². The van der Waals surface area contributed by atoms with Gasteiger partial charge >= 0.3 is 0 Å². The summed E-state index contributed by atoms with van der Waals surface area (Å²) >= 11 is 0. The van der Waals surface area contributed by atoms with Gasteiger partial charge in [-0.3, -0.25) is 0 Å². The zero-order chi connectivity index (χ0) is 18.8. The number of hydrogen-bond acceptors (Lipinski definition) is 3. The molecule has 3 rings (SSSR count). The second-order valence-corrected chi connectivity index (χ2v) is 9.11. The molecule has 3 aromatic rings. The van der Waals surface area contributed by atoms with Gasteiger partial charge in [-0.25, -0.2) is 8.42 Å². The smallest absolute Gasteiger partial charge is 0.206 e. The fourth-order valence-electron chi connectivity index (χ4n) is 2.58. The van der Waals surface area contributed by atoms with Crippen molar-refractivity contribution in [2.24, 2.45) is 0 Å². The fourth-order valence-corrected chi connectivity index (χ4v) is 3.84. The van der Waals surface area contributed by atoms with E-state index in [4.69, 9.17) is 4.74 Å². The van der Waals surface area contributed by atoms with Gasteiger partial charge in [0.2, 0.25) is 9.84 Å². The van der Waals surface area contributed by atoms with Crippen LogP contribution in [0, 0.1) is 0 Å². The Balaban J connectivity index is 1.83. The SMILES string of the molecule is CC(C)(C)c1ccc(S(=O)(=O)c2ccc(Oc3ccccc3)cc2)cc1. The van der Waals surface area contributed by atoms with Gasteiger partial charge in [0, 0.05) is 0 Å². The van der Waals surface area contributed by atoms with E-state index in [1.165, 1.54) is 0 Å². The third kappa shape index (κ3) is 3.97. The summed E-state index contributed by atoms with van der Waals surface area (Å²) in [6.07, 6.45) is 0. The van der Waals surface area contributed by atoms with E-state index in [-0.39, 0.29) is 10.3 Å². The maximum absolute atomic E-state index is 12.8. The summed E-state index contributed by atoms with van der Waals surface area (Å²) in [6.45, 7) is 6.30. The summed E-state index contributed by atoms with van der Waals surface area (Å²) in [7, 11) is -3.55. The molecule has 0 unspecified atom stereocenters. The number of sulfone groups is 1. The molecule has 26 heavy (non-hydrogen) atoms. The molecule has 0 radical (unpaired) electrons.